The molecular weight excluding hydrogens is 855 g/mol. The summed E-state index contributed by atoms with van der Waals surface area (Å²) in [6, 6.07) is 63.9. The van der Waals surface area contributed by atoms with Crippen LogP contribution in [-0.4, -0.2) is 37.6 Å². The molecule has 0 saturated heterocycles. The molecule has 10 aromatic rings. The Kier molecular flexibility index (Phi) is 12.6. The van der Waals surface area contributed by atoms with Crippen molar-refractivity contribution < 1.29 is 23.5 Å². The van der Waals surface area contributed by atoms with E-state index < -0.39 is 0 Å². The second-order valence-electron chi connectivity index (χ2n) is 17.0. The van der Waals surface area contributed by atoms with Crippen LogP contribution in [0, 0.1) is 0 Å². The molecule has 0 unspecified atom stereocenters. The van der Waals surface area contributed by atoms with Crippen LogP contribution in [-0.2, 0) is 19.6 Å². The molecule has 0 amide bonds. The highest BCUT2D eigenvalue weighted by Gasteiger charge is 2.20. The highest BCUT2D eigenvalue weighted by atomic mass is 16.5. The number of ether oxygens (including phenoxy) is 4. The zero-order valence-corrected chi connectivity index (χ0v) is 39.3. The number of hydrogen-bond acceptors (Lipinski definition) is 6. The third-order valence-corrected chi connectivity index (χ3v) is 12.7. The fourth-order valence-electron chi connectivity index (χ4n) is 9.09. The van der Waals surface area contributed by atoms with E-state index in [0.717, 1.165) is 97.6 Å². The lowest BCUT2D eigenvalue weighted by Crippen LogP contribution is -2.31. The van der Waals surface area contributed by atoms with E-state index in [0.29, 0.717) is 6.54 Å². The minimum atomic E-state index is 0.689. The first-order valence-electron chi connectivity index (χ1n) is 23.0. The summed E-state index contributed by atoms with van der Waals surface area (Å²) in [5, 5.41) is 2.27. The molecule has 10 rings (SSSR count). The average molecular weight is 909 g/mol. The van der Waals surface area contributed by atoms with Gasteiger partial charge in [0, 0.05) is 62.5 Å². The van der Waals surface area contributed by atoms with Gasteiger partial charge in [0.2, 0.25) is 6.33 Å². The van der Waals surface area contributed by atoms with Gasteiger partial charge in [-0.1, -0.05) is 61.2 Å². The number of anilines is 6. The molecule has 2 aromatic heterocycles. The van der Waals surface area contributed by atoms with Crippen LogP contribution < -0.4 is 33.3 Å². The number of imidazole rings is 1. The van der Waals surface area contributed by atoms with Gasteiger partial charge in [-0.15, -0.1) is 0 Å². The summed E-state index contributed by atoms with van der Waals surface area (Å²) in [6.07, 6.45) is 8.32. The number of hydrogen-bond donors (Lipinski definition) is 0. The van der Waals surface area contributed by atoms with E-state index in [1.807, 2.05) is 54.6 Å². The molecular formula is C60H54N5O4+. The molecule has 0 N–H and O–H groups in total. The van der Waals surface area contributed by atoms with Gasteiger partial charge in [0.15, 0.2) is 0 Å². The van der Waals surface area contributed by atoms with E-state index in [1.54, 1.807) is 28.4 Å². The molecule has 9 nitrogen and oxygen atoms in total. The molecule has 0 radical (unpaired) electrons. The van der Waals surface area contributed by atoms with Crippen molar-refractivity contribution in [3.63, 3.8) is 0 Å². The molecule has 69 heavy (non-hydrogen) atoms. The predicted molar refractivity (Wildman–Crippen MR) is 280 cm³/mol. The third-order valence-electron chi connectivity index (χ3n) is 12.7. The SMILES string of the molecule is C=Cc1ccc(C[n+]2ccn(Cc3ccc(Cn4c5ccc(N(c6ccc(OC)cc6)c6ccc(OC)cc6)cc5c5cc(N(c6ccc(OC)cc6)c6ccc(OC)cc6)ccc54)cc3)c2)cc1. The molecule has 9 heteroatoms. The average Bonchev–Trinajstić information content (AvgIpc) is 3.98. The summed E-state index contributed by atoms with van der Waals surface area (Å²) in [5.41, 5.74) is 13.2. The first kappa shape index (κ1) is 44.2. The second-order valence-corrected chi connectivity index (χ2v) is 17.0. The Morgan fingerprint density at radius 3 is 1.22 bits per heavy atom. The van der Waals surface area contributed by atoms with Crippen LogP contribution in [0.1, 0.15) is 22.3 Å². The number of aromatic nitrogens is 3. The van der Waals surface area contributed by atoms with E-state index in [-0.39, 0.29) is 0 Å². The van der Waals surface area contributed by atoms with E-state index >= 15 is 0 Å². The fourth-order valence-corrected chi connectivity index (χ4v) is 9.09. The standard InChI is InChI=1S/C60H54N5O4/c1-6-43-7-9-44(10-8-43)39-61-35-36-62(42-61)40-45-11-13-46(14-12-45)41-63-59-33-23-51(64(47-15-25-53(66-2)26-16-47)48-17-27-54(67-3)28-18-48)37-57(59)58-38-52(24-34-60(58)63)65(49-19-29-55(68-4)30-20-49)50-21-31-56(69-5)32-22-50/h6-38,42H,1,39-41H2,2-5H3/q+1. The molecule has 0 aliphatic heterocycles. The maximum atomic E-state index is 5.56. The predicted octanol–water partition coefficient (Wildman–Crippen LogP) is 13.6. The number of nitrogens with zero attached hydrogens (tertiary/aromatic N) is 5. The zero-order valence-electron chi connectivity index (χ0n) is 39.3. The van der Waals surface area contributed by atoms with Gasteiger partial charge in [-0.3, -0.25) is 0 Å². The zero-order chi connectivity index (χ0) is 47.3. The molecule has 342 valence electrons. The van der Waals surface area contributed by atoms with Crippen LogP contribution in [0.4, 0.5) is 34.1 Å². The lowest BCUT2D eigenvalue weighted by atomic mass is 10.1. The smallest absolute Gasteiger partial charge is 0.244 e. The second kappa shape index (κ2) is 19.6. The van der Waals surface area contributed by atoms with Crippen molar-refractivity contribution in [2.75, 3.05) is 38.2 Å². The van der Waals surface area contributed by atoms with Gasteiger partial charge in [-0.25, -0.2) is 9.13 Å². The van der Waals surface area contributed by atoms with Gasteiger partial charge in [-0.05, 0) is 156 Å². The van der Waals surface area contributed by atoms with Crippen molar-refractivity contribution in [1.82, 2.24) is 9.13 Å². The van der Waals surface area contributed by atoms with Gasteiger partial charge in [-0.2, -0.15) is 0 Å². The largest absolute Gasteiger partial charge is 0.497 e. The highest BCUT2D eigenvalue weighted by molar-refractivity contribution is 6.11. The minimum absolute atomic E-state index is 0.689. The molecule has 0 aliphatic carbocycles. The Morgan fingerprint density at radius 2 is 0.826 bits per heavy atom. The Bertz CT molecular complexity index is 3090. The van der Waals surface area contributed by atoms with E-state index in [1.165, 1.54) is 16.7 Å². The van der Waals surface area contributed by atoms with E-state index in [2.05, 4.69) is 182 Å². The number of rotatable bonds is 17. The lowest BCUT2D eigenvalue weighted by Gasteiger charge is -2.26. The Balaban J connectivity index is 1.05. The van der Waals surface area contributed by atoms with Crippen LogP contribution in [0.5, 0.6) is 23.0 Å². The van der Waals surface area contributed by atoms with Crippen LogP contribution in [0.3, 0.4) is 0 Å². The maximum absolute atomic E-state index is 5.56. The molecule has 0 bridgehead atoms. The first-order valence-corrected chi connectivity index (χ1v) is 23.0. The van der Waals surface area contributed by atoms with E-state index in [4.69, 9.17) is 18.9 Å². The van der Waals surface area contributed by atoms with Gasteiger partial charge in [0.05, 0.1) is 28.4 Å². The molecule has 0 atom stereocenters. The maximum Gasteiger partial charge on any atom is 0.244 e. The summed E-state index contributed by atoms with van der Waals surface area (Å²) in [7, 11) is 6.77. The van der Waals surface area contributed by atoms with Crippen LogP contribution in [0.15, 0.2) is 207 Å². The van der Waals surface area contributed by atoms with Crippen LogP contribution in [0.2, 0.25) is 0 Å². The van der Waals surface area contributed by atoms with Gasteiger partial charge >= 0.3 is 0 Å². The summed E-state index contributed by atoms with van der Waals surface area (Å²) in [6.45, 7) is 6.16. The molecule has 0 fully saturated rings. The summed E-state index contributed by atoms with van der Waals surface area (Å²) < 4.78 is 29.2. The molecule has 0 saturated carbocycles. The third kappa shape index (κ3) is 9.35. The Hall–Kier alpha value is -8.69. The number of fused-ring (bicyclic) bond motifs is 3. The van der Waals surface area contributed by atoms with Crippen molar-refractivity contribution in [1.29, 1.82) is 0 Å². The molecule has 0 aliphatic rings. The number of benzene rings is 8. The van der Waals surface area contributed by atoms with Crippen LogP contribution >= 0.6 is 0 Å². The van der Waals surface area contributed by atoms with E-state index in [9.17, 15) is 0 Å². The van der Waals surface area contributed by atoms with Gasteiger partial charge < -0.3 is 33.3 Å². The first-order chi connectivity index (χ1) is 33.9. The van der Waals surface area contributed by atoms with Crippen molar-refractivity contribution in [3.8, 4) is 23.0 Å². The van der Waals surface area contributed by atoms with Gasteiger partial charge in [0.25, 0.3) is 0 Å². The Morgan fingerprint density at radius 1 is 0.449 bits per heavy atom. The molecule has 0 spiro atoms. The van der Waals surface area contributed by atoms with Crippen molar-refractivity contribution in [2.24, 2.45) is 0 Å². The summed E-state index contributed by atoms with van der Waals surface area (Å²) in [5.74, 6) is 3.19. The lowest BCUT2D eigenvalue weighted by molar-refractivity contribution is -0.687. The molecule has 8 aromatic carbocycles. The quantitative estimate of drug-likeness (QED) is 0.0849. The van der Waals surface area contributed by atoms with Gasteiger partial charge in [0.1, 0.15) is 48.5 Å². The topological polar surface area (TPSA) is 57.1 Å². The monoisotopic (exact) mass is 908 g/mol. The van der Waals surface area contributed by atoms with Crippen LogP contribution in [0.25, 0.3) is 27.9 Å². The number of methoxy groups -OCH3 is 4. The van der Waals surface area contributed by atoms with Crippen molar-refractivity contribution in [3.05, 3.63) is 230 Å². The summed E-state index contributed by atoms with van der Waals surface area (Å²) in [4.78, 5) is 4.55. The Labute approximate surface area is 403 Å². The highest BCUT2D eigenvalue weighted by Crippen LogP contribution is 2.43. The fraction of sp³-hybridized carbons (Fsp3) is 0.117. The minimum Gasteiger partial charge on any atom is -0.497 e. The molecule has 2 heterocycles. The summed E-state index contributed by atoms with van der Waals surface area (Å²) >= 11 is 0. The van der Waals surface area contributed by atoms with Crippen molar-refractivity contribution >= 4 is 62.0 Å². The normalized spacial score (nSPS) is 11.1. The van der Waals surface area contributed by atoms with Crippen molar-refractivity contribution in [2.45, 2.75) is 19.6 Å².